The number of methoxy groups -OCH3 is 2. The van der Waals surface area contributed by atoms with Crippen LogP contribution in [0.3, 0.4) is 0 Å². The van der Waals surface area contributed by atoms with Crippen LogP contribution in [0.2, 0.25) is 0 Å². The van der Waals surface area contributed by atoms with Crippen LogP contribution in [-0.2, 0) is 9.47 Å². The third-order valence-corrected chi connectivity index (χ3v) is 2.54. The Morgan fingerprint density at radius 2 is 1.79 bits per heavy atom. The summed E-state index contributed by atoms with van der Waals surface area (Å²) < 4.78 is 10.3. The molecular weight excluding hydrogens is 194 g/mol. The third kappa shape index (κ3) is 3.14. The molecule has 0 heterocycles. The fourth-order valence-electron chi connectivity index (χ4n) is 1.00. The zero-order valence-electron chi connectivity index (χ0n) is 8.41. The summed E-state index contributed by atoms with van der Waals surface area (Å²) >= 11 is 0. The van der Waals surface area contributed by atoms with Crippen LogP contribution in [0.5, 0.6) is 0 Å². The summed E-state index contributed by atoms with van der Waals surface area (Å²) in [5.41, 5.74) is 0.264. The van der Waals surface area contributed by atoms with Crippen LogP contribution >= 0.6 is 0 Å². The van der Waals surface area contributed by atoms with Gasteiger partial charge in [0.15, 0.2) is 5.41 Å². The summed E-state index contributed by atoms with van der Waals surface area (Å²) in [6.07, 6.45) is 0. The van der Waals surface area contributed by atoms with Gasteiger partial charge in [0.25, 0.3) is 0 Å². The minimum absolute atomic E-state index is 0.529. The van der Waals surface area contributed by atoms with E-state index in [0.717, 1.165) is 5.69 Å². The zero-order valence-corrected chi connectivity index (χ0v) is 9.41. The van der Waals surface area contributed by atoms with E-state index in [4.69, 9.17) is 9.47 Å². The summed E-state index contributed by atoms with van der Waals surface area (Å²) in [7, 11) is 6.56. The number of hydrogen-bond donors (Lipinski definition) is 1. The van der Waals surface area contributed by atoms with Gasteiger partial charge in [0.2, 0.25) is 0 Å². The van der Waals surface area contributed by atoms with Gasteiger partial charge < -0.3 is 14.8 Å². The predicted molar refractivity (Wildman–Crippen MR) is 57.4 cm³/mol. The van der Waals surface area contributed by atoms with E-state index in [-0.39, 0.29) is 0 Å². The van der Waals surface area contributed by atoms with Gasteiger partial charge in [0, 0.05) is 19.9 Å². The maximum Gasteiger partial charge on any atom is 0.160 e. The molecule has 1 rings (SSSR count). The Labute approximate surface area is 87.8 Å². The lowest BCUT2D eigenvalue weighted by atomic mass is 10.3. The van der Waals surface area contributed by atoms with Gasteiger partial charge in [-0.3, -0.25) is 0 Å². The lowest BCUT2D eigenvalue weighted by Gasteiger charge is -2.27. The van der Waals surface area contributed by atoms with E-state index in [1.807, 2.05) is 30.3 Å². The summed E-state index contributed by atoms with van der Waals surface area (Å²) in [4.78, 5) is 0. The molecule has 0 atom stereocenters. The van der Waals surface area contributed by atoms with E-state index in [1.54, 1.807) is 14.2 Å². The van der Waals surface area contributed by atoms with E-state index >= 15 is 0 Å². The smallest absolute Gasteiger partial charge is 0.160 e. The van der Waals surface area contributed by atoms with E-state index in [2.05, 4.69) is 15.6 Å². The highest BCUT2D eigenvalue weighted by Crippen LogP contribution is 2.10. The Bertz CT molecular complexity index is 262. The van der Waals surface area contributed by atoms with Crippen molar-refractivity contribution in [2.24, 2.45) is 0 Å². The van der Waals surface area contributed by atoms with Crippen molar-refractivity contribution in [3.63, 3.8) is 0 Å². The number of anilines is 1. The minimum atomic E-state index is -0.768. The Morgan fingerprint density at radius 3 is 2.29 bits per heavy atom. The van der Waals surface area contributed by atoms with Crippen LogP contribution in [0, 0.1) is 0 Å². The first-order valence-electron chi connectivity index (χ1n) is 4.34. The molecule has 0 spiro atoms. The molecule has 0 saturated carbocycles. The molecule has 4 heteroatoms. The number of rotatable bonds is 5. The van der Waals surface area contributed by atoms with E-state index in [0.29, 0.717) is 6.54 Å². The molecule has 75 valence electrons. The number of hydrogen-bond acceptors (Lipinski definition) is 3. The Hall–Kier alpha value is -0.843. The van der Waals surface area contributed by atoms with Gasteiger partial charge in [-0.2, -0.15) is 0 Å². The van der Waals surface area contributed by atoms with Crippen molar-refractivity contribution in [1.82, 2.24) is 0 Å². The molecule has 0 bridgehead atoms. The molecule has 0 unspecified atom stereocenters. The van der Waals surface area contributed by atoms with Crippen molar-refractivity contribution in [1.29, 1.82) is 0 Å². The zero-order chi connectivity index (χ0) is 10.4. The molecule has 0 aliphatic rings. The average molecular weight is 208 g/mol. The molecule has 0 amide bonds. The molecule has 3 radical (unpaired) electrons. The first kappa shape index (κ1) is 11.2. The van der Waals surface area contributed by atoms with Crippen LogP contribution in [0.25, 0.3) is 0 Å². The second kappa shape index (κ2) is 5.14. The molecule has 0 aliphatic carbocycles. The summed E-state index contributed by atoms with van der Waals surface area (Å²) in [6, 6.07) is 9.88. The summed E-state index contributed by atoms with van der Waals surface area (Å²) in [5.74, 6) is 0. The fraction of sp³-hybridized carbons (Fsp3) is 0.400. The lowest BCUT2D eigenvalue weighted by Crippen LogP contribution is -2.41. The molecule has 0 fully saturated rings. The van der Waals surface area contributed by atoms with Crippen molar-refractivity contribution in [3.05, 3.63) is 30.3 Å². The number of benzene rings is 1. The van der Waals surface area contributed by atoms with Crippen molar-refractivity contribution < 1.29 is 9.47 Å². The lowest BCUT2D eigenvalue weighted by molar-refractivity contribution is -0.131. The van der Waals surface area contributed by atoms with Gasteiger partial charge >= 0.3 is 0 Å². The quantitative estimate of drug-likeness (QED) is 0.583. The van der Waals surface area contributed by atoms with Crippen LogP contribution in [-0.4, -0.2) is 36.4 Å². The Morgan fingerprint density at radius 1 is 1.21 bits per heavy atom. The molecule has 0 aliphatic heterocycles. The summed E-state index contributed by atoms with van der Waals surface area (Å²) in [5, 5.41) is 3.19. The molecule has 0 saturated heterocycles. The molecule has 1 aromatic carbocycles. The monoisotopic (exact) mass is 208 g/mol. The topological polar surface area (TPSA) is 30.5 Å². The highest BCUT2D eigenvalue weighted by Gasteiger charge is 2.21. The molecule has 3 nitrogen and oxygen atoms in total. The molecule has 1 N–H and O–H groups in total. The first-order valence-corrected chi connectivity index (χ1v) is 4.84. The predicted octanol–water partition coefficient (Wildman–Crippen LogP) is 1.21. The average Bonchev–Trinajstić information content (AvgIpc) is 2.27. The maximum absolute atomic E-state index is 5.14. The number of para-hydroxylation sites is 1. The maximum atomic E-state index is 5.14. The van der Waals surface area contributed by atoms with E-state index in [1.165, 1.54) is 0 Å². The highest BCUT2D eigenvalue weighted by molar-refractivity contribution is 6.13. The van der Waals surface area contributed by atoms with Crippen LogP contribution < -0.4 is 5.32 Å². The largest absolute Gasteiger partial charge is 0.380 e. The van der Waals surface area contributed by atoms with Crippen molar-refractivity contribution >= 4 is 15.9 Å². The van der Waals surface area contributed by atoms with Gasteiger partial charge in [-0.15, -0.1) is 0 Å². The van der Waals surface area contributed by atoms with Crippen molar-refractivity contribution in [3.8, 4) is 0 Å². The summed E-state index contributed by atoms with van der Waals surface area (Å²) in [6.45, 7) is 0.529. The second-order valence-corrected chi connectivity index (χ2v) is 3.64. The van der Waals surface area contributed by atoms with Crippen LogP contribution in [0.4, 0.5) is 5.69 Å². The van der Waals surface area contributed by atoms with Gasteiger partial charge in [-0.1, -0.05) is 18.2 Å². The van der Waals surface area contributed by atoms with Crippen molar-refractivity contribution in [2.75, 3.05) is 26.1 Å². The Kier molecular flexibility index (Phi) is 4.12. The molecule has 1 aromatic rings. The number of ether oxygens (including phenoxy) is 2. The van der Waals surface area contributed by atoms with Gasteiger partial charge in [0.1, 0.15) is 10.2 Å². The molecule has 0 aromatic heterocycles. The van der Waals surface area contributed by atoms with Crippen LogP contribution in [0.15, 0.2) is 30.3 Å². The molecule has 14 heavy (non-hydrogen) atoms. The van der Waals surface area contributed by atoms with E-state index in [9.17, 15) is 0 Å². The SMILES string of the molecule is COC([Si])(CNc1ccccc1)OC. The minimum Gasteiger partial charge on any atom is -0.380 e. The van der Waals surface area contributed by atoms with Gasteiger partial charge in [0.05, 0.1) is 6.54 Å². The standard InChI is InChI=1S/C10H14NO2Si/c1-12-10(14,13-2)8-11-9-6-4-3-5-7-9/h3-7,11H,8H2,1-2H3. The number of nitrogens with one attached hydrogen (secondary N) is 1. The van der Waals surface area contributed by atoms with Gasteiger partial charge in [-0.25, -0.2) is 0 Å². The van der Waals surface area contributed by atoms with Crippen LogP contribution in [0.1, 0.15) is 0 Å². The van der Waals surface area contributed by atoms with Crippen molar-refractivity contribution in [2.45, 2.75) is 5.41 Å². The first-order chi connectivity index (χ1) is 6.70. The van der Waals surface area contributed by atoms with E-state index < -0.39 is 5.41 Å². The van der Waals surface area contributed by atoms with Gasteiger partial charge in [-0.05, 0) is 12.1 Å². The molecular formula is C10H14NO2Si. The fourth-order valence-corrected chi connectivity index (χ4v) is 1.09. The second-order valence-electron chi connectivity index (χ2n) is 2.88. The third-order valence-electron chi connectivity index (χ3n) is 1.96. The highest BCUT2D eigenvalue weighted by atomic mass is 28.1. The Balaban J connectivity index is 2.48. The normalized spacial score (nSPS) is 11.4.